The van der Waals surface area contributed by atoms with E-state index in [9.17, 15) is 18.0 Å². The van der Waals surface area contributed by atoms with Crippen LogP contribution in [0.4, 0.5) is 0 Å². The maximum absolute atomic E-state index is 12.2. The molecule has 0 aromatic heterocycles. The van der Waals surface area contributed by atoms with Gasteiger partial charge >= 0.3 is 0 Å². The van der Waals surface area contributed by atoms with Crippen molar-refractivity contribution in [1.82, 2.24) is 15.4 Å². The summed E-state index contributed by atoms with van der Waals surface area (Å²) in [6.45, 7) is 4.22. The highest BCUT2D eigenvalue weighted by molar-refractivity contribution is 7.89. The lowest BCUT2D eigenvalue weighted by atomic mass is 10.2. The van der Waals surface area contributed by atoms with Crippen molar-refractivity contribution in [1.29, 1.82) is 0 Å². The molecule has 0 fully saturated rings. The van der Waals surface area contributed by atoms with Gasteiger partial charge in [-0.05, 0) is 49.7 Å². The minimum atomic E-state index is -3.60. The molecule has 1 atom stereocenters. The molecule has 7 nitrogen and oxygen atoms in total. The Morgan fingerprint density at radius 2 is 1.36 bits per heavy atom. The second-order valence-electron chi connectivity index (χ2n) is 6.33. The lowest BCUT2D eigenvalue weighted by molar-refractivity contribution is 0.0927. The van der Waals surface area contributed by atoms with Crippen LogP contribution < -0.4 is 15.4 Å². The molecule has 0 saturated carbocycles. The summed E-state index contributed by atoms with van der Waals surface area (Å²) < 4.78 is 27.0. The van der Waals surface area contributed by atoms with Crippen LogP contribution in [0, 0.1) is 0 Å². The van der Waals surface area contributed by atoms with E-state index in [-0.39, 0.29) is 35.8 Å². The molecule has 8 heteroatoms. The number of rotatable bonds is 9. The molecule has 0 aliphatic rings. The summed E-state index contributed by atoms with van der Waals surface area (Å²) >= 11 is 0. The van der Waals surface area contributed by atoms with Gasteiger partial charge in [0.05, 0.1) is 4.90 Å². The third-order valence-electron chi connectivity index (χ3n) is 4.13. The molecule has 28 heavy (non-hydrogen) atoms. The number of carbonyl (C=O) groups is 2. The molecule has 1 unspecified atom stereocenters. The Morgan fingerprint density at radius 3 is 1.86 bits per heavy atom. The molecule has 150 valence electrons. The smallest absolute Gasteiger partial charge is 0.251 e. The highest BCUT2D eigenvalue weighted by Crippen LogP contribution is 2.11. The summed E-state index contributed by atoms with van der Waals surface area (Å²) in [5.74, 6) is -0.550. The van der Waals surface area contributed by atoms with Gasteiger partial charge in [-0.3, -0.25) is 9.59 Å². The molecule has 0 aliphatic carbocycles. The first-order valence-corrected chi connectivity index (χ1v) is 10.6. The fourth-order valence-electron chi connectivity index (χ4n) is 2.35. The van der Waals surface area contributed by atoms with E-state index in [0.717, 1.165) is 0 Å². The van der Waals surface area contributed by atoms with E-state index in [4.69, 9.17) is 0 Å². The molecular weight excluding hydrogens is 378 g/mol. The Bertz CT molecular complexity index is 897. The number of hydrogen-bond donors (Lipinski definition) is 3. The van der Waals surface area contributed by atoms with Crippen molar-refractivity contribution in [3.05, 3.63) is 65.7 Å². The molecule has 2 rings (SSSR count). The molecule has 2 aromatic rings. The van der Waals surface area contributed by atoms with Crippen LogP contribution in [0.3, 0.4) is 0 Å². The Morgan fingerprint density at radius 1 is 0.857 bits per heavy atom. The number of benzene rings is 2. The number of amides is 2. The van der Waals surface area contributed by atoms with Crippen LogP contribution in [-0.2, 0) is 10.0 Å². The SMILES string of the molecule is CCC(C)NS(=O)(=O)c1ccc(C(=O)NCCNC(=O)c2ccccc2)cc1. The Labute approximate surface area is 165 Å². The maximum atomic E-state index is 12.2. The molecule has 0 heterocycles. The van der Waals surface area contributed by atoms with Gasteiger partial charge in [0.15, 0.2) is 0 Å². The first-order valence-electron chi connectivity index (χ1n) is 9.07. The zero-order chi connectivity index (χ0) is 20.6. The van der Waals surface area contributed by atoms with E-state index in [1.54, 1.807) is 31.2 Å². The van der Waals surface area contributed by atoms with Gasteiger partial charge < -0.3 is 10.6 Å². The van der Waals surface area contributed by atoms with Crippen molar-refractivity contribution < 1.29 is 18.0 Å². The lowest BCUT2D eigenvalue weighted by Crippen LogP contribution is -2.34. The average molecular weight is 404 g/mol. The van der Waals surface area contributed by atoms with Gasteiger partial charge in [0.1, 0.15) is 0 Å². The Kier molecular flexibility index (Phi) is 7.71. The quantitative estimate of drug-likeness (QED) is 0.557. The van der Waals surface area contributed by atoms with Crippen LogP contribution in [-0.4, -0.2) is 39.4 Å². The highest BCUT2D eigenvalue weighted by atomic mass is 32.2. The van der Waals surface area contributed by atoms with E-state index in [1.807, 2.05) is 13.0 Å². The van der Waals surface area contributed by atoms with E-state index >= 15 is 0 Å². The minimum Gasteiger partial charge on any atom is -0.350 e. The third-order valence-corrected chi connectivity index (χ3v) is 5.73. The fraction of sp³-hybridized carbons (Fsp3) is 0.300. The van der Waals surface area contributed by atoms with Gasteiger partial charge in [0.2, 0.25) is 10.0 Å². The summed E-state index contributed by atoms with van der Waals surface area (Å²) in [6, 6.07) is 14.4. The van der Waals surface area contributed by atoms with Crippen LogP contribution in [0.1, 0.15) is 41.0 Å². The van der Waals surface area contributed by atoms with E-state index in [0.29, 0.717) is 17.5 Å². The topological polar surface area (TPSA) is 104 Å². The zero-order valence-corrected chi connectivity index (χ0v) is 16.8. The molecule has 2 amide bonds. The molecule has 2 aromatic carbocycles. The van der Waals surface area contributed by atoms with Crippen LogP contribution in [0.15, 0.2) is 59.5 Å². The van der Waals surface area contributed by atoms with Gasteiger partial charge in [0, 0.05) is 30.3 Å². The second-order valence-corrected chi connectivity index (χ2v) is 8.05. The van der Waals surface area contributed by atoms with Crippen molar-refractivity contribution in [2.24, 2.45) is 0 Å². The first-order chi connectivity index (χ1) is 13.3. The van der Waals surface area contributed by atoms with Crippen LogP contribution in [0.25, 0.3) is 0 Å². The second kappa shape index (κ2) is 10.0. The van der Waals surface area contributed by atoms with Crippen LogP contribution in [0.5, 0.6) is 0 Å². The molecule has 3 N–H and O–H groups in total. The molecular formula is C20H25N3O4S. The number of carbonyl (C=O) groups excluding carboxylic acids is 2. The van der Waals surface area contributed by atoms with E-state index < -0.39 is 10.0 Å². The fourth-order valence-corrected chi connectivity index (χ4v) is 3.67. The molecule has 0 bridgehead atoms. The lowest BCUT2D eigenvalue weighted by Gasteiger charge is -2.12. The van der Waals surface area contributed by atoms with Gasteiger partial charge in [-0.1, -0.05) is 25.1 Å². The Hall–Kier alpha value is -2.71. The third kappa shape index (κ3) is 6.17. The largest absolute Gasteiger partial charge is 0.350 e. The van der Waals surface area contributed by atoms with Gasteiger partial charge in [-0.15, -0.1) is 0 Å². The molecule has 0 aliphatic heterocycles. The zero-order valence-electron chi connectivity index (χ0n) is 15.9. The summed E-state index contributed by atoms with van der Waals surface area (Å²) in [6.07, 6.45) is 0.681. The average Bonchev–Trinajstić information content (AvgIpc) is 2.71. The summed E-state index contributed by atoms with van der Waals surface area (Å²) in [4.78, 5) is 24.2. The van der Waals surface area contributed by atoms with Crippen molar-refractivity contribution >= 4 is 21.8 Å². The van der Waals surface area contributed by atoms with Crippen LogP contribution in [0.2, 0.25) is 0 Å². The first kappa shape index (κ1) is 21.6. The normalized spacial score (nSPS) is 12.2. The van der Waals surface area contributed by atoms with Gasteiger partial charge in [-0.2, -0.15) is 0 Å². The predicted octanol–water partition coefficient (Wildman–Crippen LogP) is 1.92. The van der Waals surface area contributed by atoms with Crippen molar-refractivity contribution in [3.63, 3.8) is 0 Å². The predicted molar refractivity (Wildman–Crippen MR) is 108 cm³/mol. The summed E-state index contributed by atoms with van der Waals surface area (Å²) in [5, 5.41) is 5.40. The van der Waals surface area contributed by atoms with E-state index in [1.165, 1.54) is 24.3 Å². The molecule has 0 radical (unpaired) electrons. The number of sulfonamides is 1. The Balaban J connectivity index is 1.84. The minimum absolute atomic E-state index is 0.111. The molecule has 0 saturated heterocycles. The van der Waals surface area contributed by atoms with Crippen molar-refractivity contribution in [2.45, 2.75) is 31.2 Å². The standard InChI is InChI=1S/C20H25N3O4S/c1-3-15(2)23-28(26,27)18-11-9-17(10-12-18)20(25)22-14-13-21-19(24)16-7-5-4-6-8-16/h4-12,15,23H,3,13-14H2,1-2H3,(H,21,24)(H,22,25). The van der Waals surface area contributed by atoms with Crippen molar-refractivity contribution in [3.8, 4) is 0 Å². The van der Waals surface area contributed by atoms with Gasteiger partial charge in [-0.25, -0.2) is 13.1 Å². The summed E-state index contributed by atoms with van der Waals surface area (Å²) in [7, 11) is -3.60. The number of hydrogen-bond acceptors (Lipinski definition) is 4. The van der Waals surface area contributed by atoms with E-state index in [2.05, 4.69) is 15.4 Å². The highest BCUT2D eigenvalue weighted by Gasteiger charge is 2.17. The maximum Gasteiger partial charge on any atom is 0.251 e. The van der Waals surface area contributed by atoms with Crippen molar-refractivity contribution in [2.75, 3.05) is 13.1 Å². The monoisotopic (exact) mass is 403 g/mol. The van der Waals surface area contributed by atoms with Crippen LogP contribution >= 0.6 is 0 Å². The summed E-state index contributed by atoms with van der Waals surface area (Å²) in [5.41, 5.74) is 0.897. The van der Waals surface area contributed by atoms with Gasteiger partial charge in [0.25, 0.3) is 11.8 Å². The molecule has 0 spiro atoms. The number of nitrogens with one attached hydrogen (secondary N) is 3.